The summed E-state index contributed by atoms with van der Waals surface area (Å²) in [6.07, 6.45) is 7.55. The van der Waals surface area contributed by atoms with Crippen LogP contribution in [0.2, 0.25) is 0 Å². The van der Waals surface area contributed by atoms with Crippen LogP contribution in [-0.2, 0) is 19.2 Å². The van der Waals surface area contributed by atoms with Crippen molar-refractivity contribution in [3.05, 3.63) is 112 Å². The van der Waals surface area contributed by atoms with E-state index in [2.05, 4.69) is 0 Å². The highest BCUT2D eigenvalue weighted by Crippen LogP contribution is 2.57. The Morgan fingerprint density at radius 1 is 0.900 bits per heavy atom. The van der Waals surface area contributed by atoms with E-state index in [9.17, 15) is 24.3 Å². The lowest BCUT2D eigenvalue weighted by molar-refractivity contribution is -0.123. The minimum atomic E-state index is -0.767. The molecule has 3 aromatic carbocycles. The van der Waals surface area contributed by atoms with Crippen LogP contribution in [0.15, 0.2) is 95.1 Å². The second kappa shape index (κ2) is 13.0. The van der Waals surface area contributed by atoms with Gasteiger partial charge in [0.25, 0.3) is 0 Å². The predicted molar refractivity (Wildman–Crippen MR) is 188 cm³/mol. The van der Waals surface area contributed by atoms with Gasteiger partial charge in [-0.15, -0.1) is 0 Å². The van der Waals surface area contributed by atoms with Crippen LogP contribution in [0.1, 0.15) is 49.3 Å². The summed E-state index contributed by atoms with van der Waals surface area (Å²) in [5.74, 6) is -2.26. The van der Waals surface area contributed by atoms with Crippen molar-refractivity contribution in [1.82, 2.24) is 0 Å². The number of phenols is 1. The molecule has 9 heteroatoms. The maximum Gasteiger partial charge on any atom is 0.238 e. The smallest absolute Gasteiger partial charge is 0.238 e. The molecule has 1 aliphatic heterocycles. The molecule has 0 bridgehead atoms. The van der Waals surface area contributed by atoms with Crippen LogP contribution in [0.3, 0.4) is 0 Å². The SMILES string of the molecule is CCOc1cccc(C2C3=CCC4C(=O)N(c5ccc(C=Cc6cc(OC)ccc6OC)cc5)C(=O)C4C3CC3=C2C(=O)C(C)=CC3=O)c1O. The molecule has 0 saturated carbocycles. The summed E-state index contributed by atoms with van der Waals surface area (Å²) in [7, 11) is 3.20. The zero-order valence-electron chi connectivity index (χ0n) is 28.3. The third-order valence-electron chi connectivity index (χ3n) is 10.2. The molecule has 9 nitrogen and oxygen atoms in total. The van der Waals surface area contributed by atoms with Crippen LogP contribution in [0.4, 0.5) is 5.69 Å². The minimum absolute atomic E-state index is 0.114. The summed E-state index contributed by atoms with van der Waals surface area (Å²) in [5, 5.41) is 11.4. The number of carbonyl (C=O) groups excluding carboxylic acids is 4. The van der Waals surface area contributed by atoms with Gasteiger partial charge in [0.1, 0.15) is 11.5 Å². The zero-order valence-corrected chi connectivity index (χ0v) is 28.3. The number of Topliss-reactive ketones (excluding diaryl/α,β-unsaturated/α-hetero) is 1. The average molecular weight is 672 g/mol. The molecule has 1 saturated heterocycles. The van der Waals surface area contributed by atoms with Crippen LogP contribution in [-0.4, -0.2) is 49.3 Å². The number of benzene rings is 3. The molecular formula is C41H37NO8. The summed E-state index contributed by atoms with van der Waals surface area (Å²) >= 11 is 0. The van der Waals surface area contributed by atoms with Gasteiger partial charge in [-0.05, 0) is 80.6 Å². The molecule has 0 aromatic heterocycles. The van der Waals surface area contributed by atoms with Crippen molar-refractivity contribution >= 4 is 41.2 Å². The maximum absolute atomic E-state index is 14.3. The van der Waals surface area contributed by atoms with E-state index in [0.29, 0.717) is 52.5 Å². The molecule has 7 rings (SSSR count). The number of phenolic OH excluding ortho intramolecular Hbond substituents is 1. The van der Waals surface area contributed by atoms with Gasteiger partial charge in [-0.1, -0.05) is 48.1 Å². The fourth-order valence-electron chi connectivity index (χ4n) is 7.91. The van der Waals surface area contributed by atoms with Gasteiger partial charge in [-0.25, -0.2) is 0 Å². The molecule has 254 valence electrons. The molecule has 4 unspecified atom stereocenters. The van der Waals surface area contributed by atoms with E-state index in [-0.39, 0.29) is 41.3 Å². The fourth-order valence-corrected chi connectivity index (χ4v) is 7.91. The van der Waals surface area contributed by atoms with Crippen LogP contribution in [0, 0.1) is 17.8 Å². The number of nitrogens with zero attached hydrogens (tertiary/aromatic N) is 1. The number of amides is 2. The summed E-state index contributed by atoms with van der Waals surface area (Å²) in [4.78, 5) is 56.7. The number of hydrogen-bond donors (Lipinski definition) is 1. The Kier molecular flexibility index (Phi) is 8.51. The van der Waals surface area contributed by atoms with Gasteiger partial charge >= 0.3 is 0 Å². The molecule has 1 N–H and O–H groups in total. The van der Waals surface area contributed by atoms with E-state index < -0.39 is 23.7 Å². The second-order valence-electron chi connectivity index (χ2n) is 12.9. The van der Waals surface area contributed by atoms with Gasteiger partial charge in [-0.2, -0.15) is 0 Å². The highest BCUT2D eigenvalue weighted by Gasteiger charge is 2.57. The molecule has 50 heavy (non-hydrogen) atoms. The molecule has 4 aliphatic rings. The first-order valence-electron chi connectivity index (χ1n) is 16.7. The summed E-state index contributed by atoms with van der Waals surface area (Å²) in [5.41, 5.74) is 4.32. The van der Waals surface area contributed by atoms with Gasteiger partial charge in [0.05, 0.1) is 38.3 Å². The second-order valence-corrected chi connectivity index (χ2v) is 12.9. The highest BCUT2D eigenvalue weighted by atomic mass is 16.5. The molecule has 1 heterocycles. The van der Waals surface area contributed by atoms with Crippen molar-refractivity contribution in [2.45, 2.75) is 32.6 Å². The number of ether oxygens (including phenoxy) is 3. The molecule has 3 aromatic rings. The number of methoxy groups -OCH3 is 2. The predicted octanol–water partition coefficient (Wildman–Crippen LogP) is 6.61. The summed E-state index contributed by atoms with van der Waals surface area (Å²) < 4.78 is 16.5. The van der Waals surface area contributed by atoms with E-state index in [1.165, 1.54) is 11.0 Å². The Balaban J connectivity index is 1.22. The standard InChI is InChI=1S/C41H37NO8/c1-5-50-34-8-6-7-28(39(34)45)35-27-16-17-29-36(30(27)21-31-32(43)19-22(2)38(44)37(31)35)41(47)42(40(29)46)25-13-10-23(11-14-25)9-12-24-20-26(48-3)15-18-33(24)49-4/h6-16,18-20,29-30,35-36,45H,5,17,21H2,1-4H3. The topological polar surface area (TPSA) is 119 Å². The van der Waals surface area contributed by atoms with E-state index in [1.54, 1.807) is 51.5 Å². The maximum atomic E-state index is 14.3. The monoisotopic (exact) mass is 671 g/mol. The summed E-state index contributed by atoms with van der Waals surface area (Å²) in [6, 6.07) is 17.8. The molecule has 0 radical (unpaired) electrons. The Bertz CT molecular complexity index is 2070. The van der Waals surface area contributed by atoms with Gasteiger partial charge < -0.3 is 19.3 Å². The van der Waals surface area contributed by atoms with Gasteiger partial charge in [-0.3, -0.25) is 24.1 Å². The average Bonchev–Trinajstić information content (AvgIpc) is 3.39. The largest absolute Gasteiger partial charge is 0.504 e. The number of aromatic hydroxyl groups is 1. The van der Waals surface area contributed by atoms with Crippen molar-refractivity contribution in [1.29, 1.82) is 0 Å². The normalized spacial score (nSPS) is 23.0. The van der Waals surface area contributed by atoms with Gasteiger partial charge in [0.2, 0.25) is 11.8 Å². The first-order valence-corrected chi connectivity index (χ1v) is 16.7. The number of fused-ring (bicyclic) bond motifs is 3. The van der Waals surface area contributed by atoms with Gasteiger partial charge in [0, 0.05) is 33.8 Å². The van der Waals surface area contributed by atoms with E-state index in [0.717, 1.165) is 16.7 Å². The quantitative estimate of drug-likeness (QED) is 0.123. The third-order valence-corrected chi connectivity index (χ3v) is 10.2. The molecule has 3 aliphatic carbocycles. The van der Waals surface area contributed by atoms with Crippen molar-refractivity contribution in [3.63, 3.8) is 0 Å². The first-order chi connectivity index (χ1) is 24.2. The number of allylic oxidation sites excluding steroid dienone is 6. The van der Waals surface area contributed by atoms with Crippen LogP contribution in [0.25, 0.3) is 12.2 Å². The van der Waals surface area contributed by atoms with E-state index in [1.807, 2.05) is 55.5 Å². The number of rotatable bonds is 8. The molecule has 2 amide bonds. The number of anilines is 1. The van der Waals surface area contributed by atoms with E-state index in [4.69, 9.17) is 14.2 Å². The van der Waals surface area contributed by atoms with Crippen LogP contribution >= 0.6 is 0 Å². The number of hydrogen-bond acceptors (Lipinski definition) is 8. The number of carbonyl (C=O) groups is 4. The minimum Gasteiger partial charge on any atom is -0.504 e. The third kappa shape index (κ3) is 5.33. The first kappa shape index (κ1) is 32.8. The number of imide groups is 1. The molecular weight excluding hydrogens is 634 g/mol. The Labute approximate surface area is 290 Å². The summed E-state index contributed by atoms with van der Waals surface area (Å²) in [6.45, 7) is 3.75. The highest BCUT2D eigenvalue weighted by molar-refractivity contribution is 6.25. The van der Waals surface area contributed by atoms with Crippen molar-refractivity contribution in [2.24, 2.45) is 17.8 Å². The lowest BCUT2D eigenvalue weighted by atomic mass is 9.59. The zero-order chi connectivity index (χ0) is 35.3. The van der Waals surface area contributed by atoms with Crippen molar-refractivity contribution in [3.8, 4) is 23.0 Å². The number of para-hydroxylation sites is 1. The fraction of sp³-hybridized carbons (Fsp3) is 0.268. The van der Waals surface area contributed by atoms with Crippen LogP contribution < -0.4 is 19.1 Å². The number of ketones is 2. The van der Waals surface area contributed by atoms with Crippen molar-refractivity contribution in [2.75, 3.05) is 25.7 Å². The molecule has 1 fully saturated rings. The Morgan fingerprint density at radius 3 is 2.40 bits per heavy atom. The van der Waals surface area contributed by atoms with Crippen molar-refractivity contribution < 1.29 is 38.5 Å². The van der Waals surface area contributed by atoms with E-state index >= 15 is 0 Å². The Morgan fingerprint density at radius 2 is 1.68 bits per heavy atom. The Hall–Kier alpha value is -5.70. The lowest BCUT2D eigenvalue weighted by Gasteiger charge is -2.42. The molecule has 0 spiro atoms. The molecule has 4 atom stereocenters. The van der Waals surface area contributed by atoms with Gasteiger partial charge in [0.15, 0.2) is 23.1 Å². The van der Waals surface area contributed by atoms with Crippen LogP contribution in [0.5, 0.6) is 23.0 Å². The lowest BCUT2D eigenvalue weighted by Crippen LogP contribution is -2.39.